The Labute approximate surface area is 938 Å². The van der Waals surface area contributed by atoms with Crippen LogP contribution in [0.5, 0.6) is 0 Å². The van der Waals surface area contributed by atoms with Crippen molar-refractivity contribution in [3.63, 3.8) is 0 Å². The van der Waals surface area contributed by atoms with Crippen LogP contribution in [0.2, 0.25) is 0 Å². The largest absolute Gasteiger partial charge is 2.00 e. The van der Waals surface area contributed by atoms with Gasteiger partial charge >= 0.3 is 98.5 Å². The maximum Gasteiger partial charge on any atom is 2.00 e. The molecule has 131 heavy (non-hydrogen) atoms. The third-order valence-electron chi connectivity index (χ3n) is 20.1. The fraction of sp³-hybridized carbons (Fsp3) is 0.111. The molecule has 0 aliphatic heterocycles. The fourth-order valence-electron chi connectivity index (χ4n) is 14.5. The molecular weight excluding hydrogens is 3170 g/mol. The maximum atomic E-state index is 4.88. The van der Waals surface area contributed by atoms with Gasteiger partial charge in [-0.25, -0.2) is 0 Å². The Hall–Kier alpha value is -1.54. The van der Waals surface area contributed by atoms with E-state index in [0.29, 0.717) is 0 Å². The number of rotatable bonds is 32. The number of hydrogen-bond acceptors (Lipinski definition) is 6. The van der Waals surface area contributed by atoms with Crippen LogP contribution in [0.3, 0.4) is 0 Å². The van der Waals surface area contributed by atoms with Crippen molar-refractivity contribution < 1.29 is 143 Å². The van der Waals surface area contributed by atoms with Gasteiger partial charge in [-0.1, -0.05) is 485 Å². The zero-order valence-corrected chi connectivity index (χ0v) is 102. The predicted molar refractivity (Wildman–Crippen MR) is 594 cm³/mol. The Balaban J connectivity index is 0.00000165. The van der Waals surface area contributed by atoms with Crippen molar-refractivity contribution in [2.45, 2.75) is 25.7 Å². The first-order valence-corrected chi connectivity index (χ1v) is 58.8. The van der Waals surface area contributed by atoms with Crippen LogP contribution >= 0.6 is 82.2 Å². The standard InChI is InChI=1S/4C27H26P2.2ClH.7Pt.6H2S/c4*1-5-14-24(15-6-1)28(25-16-7-2-8-17-25)22-13-23-29(26-18-9-3-10-19-26)27-20-11-4-12-21-27;;;;;;;;;;;;;;;/h4*1-12,14-21H,13,22-23H2;2*1H;;;;;;;;6*1H2/q;;;;;;;;;4*+2;;;;;;/p-8. The third-order valence-corrected chi connectivity index (χ3v) is 41.0. The Bertz CT molecular complexity index is 4010. The van der Waals surface area contributed by atoms with Crippen molar-refractivity contribution in [1.82, 2.24) is 0 Å². The van der Waals surface area contributed by atoms with Gasteiger partial charge in [-0.05, 0) is 223 Å². The number of hydrogen-bond donors (Lipinski definition) is 0. The molecule has 0 heterocycles. The summed E-state index contributed by atoms with van der Waals surface area (Å²) in [4.78, 5) is 0. The normalized spacial score (nSPS) is 10.0. The van der Waals surface area contributed by atoms with E-state index >= 15 is 0 Å². The third kappa shape index (κ3) is 44.7. The summed E-state index contributed by atoms with van der Waals surface area (Å²) in [5.41, 5.74) is 0. The second kappa shape index (κ2) is 78.1. The van der Waals surface area contributed by atoms with Crippen LogP contribution in [-0.4, -0.2) is 49.3 Å². The van der Waals surface area contributed by atoms with Crippen LogP contribution in [0, 0.1) is 0 Å². The van der Waals surface area contributed by atoms with E-state index in [1.165, 1.54) is 160 Å². The molecule has 0 spiro atoms. The Morgan fingerprint density at radius 2 is 0.183 bits per heavy atom. The van der Waals surface area contributed by atoms with Crippen molar-refractivity contribution in [2.75, 3.05) is 49.3 Å². The molecule has 702 valence electrons. The summed E-state index contributed by atoms with van der Waals surface area (Å²) in [6, 6.07) is 177. The number of thiol groups is 6. The summed E-state index contributed by atoms with van der Waals surface area (Å²) in [5.74, 6) is 0. The molecule has 0 saturated heterocycles. The van der Waals surface area contributed by atoms with Gasteiger partial charge < -0.3 is 81.0 Å². The van der Waals surface area contributed by atoms with Crippen LogP contribution in [0.25, 0.3) is 0 Å². The second-order valence-corrected chi connectivity index (χ2v) is 50.0. The molecule has 23 heteroatoms. The minimum Gasteiger partial charge on any atom is -0.813 e. The summed E-state index contributed by atoms with van der Waals surface area (Å²) >= 11 is -0.472. The molecule has 0 amide bonds. The van der Waals surface area contributed by atoms with Gasteiger partial charge in [-0.15, -0.1) is 0 Å². The smallest absolute Gasteiger partial charge is 0.813 e. The summed E-state index contributed by atoms with van der Waals surface area (Å²) in [7, 11) is 7.28. The second-order valence-electron chi connectivity index (χ2n) is 28.0. The van der Waals surface area contributed by atoms with Crippen LogP contribution in [0.4, 0.5) is 0 Å². The zero-order chi connectivity index (χ0) is 81.6. The average molecular weight is 3280 g/mol. The zero-order valence-electron chi connectivity index (χ0n) is 71.9. The van der Waals surface area contributed by atoms with E-state index in [0.717, 1.165) is 0 Å². The monoisotopic (exact) mass is 3280 g/mol. The molecule has 0 aliphatic rings. The minimum absolute atomic E-state index is 0. The minimum atomic E-state index is -0.472. The Kier molecular flexibility index (Phi) is 77.2. The molecule has 16 aromatic rings. The van der Waals surface area contributed by atoms with Crippen molar-refractivity contribution in [3.8, 4) is 0 Å². The van der Waals surface area contributed by atoms with Gasteiger partial charge in [-0.3, -0.25) is 0 Å². The van der Waals surface area contributed by atoms with Crippen molar-refractivity contribution in [1.29, 1.82) is 0 Å². The average Bonchev–Trinajstić information content (AvgIpc) is 0.844. The van der Waals surface area contributed by atoms with E-state index in [-0.39, 0.29) is 271 Å². The van der Waals surface area contributed by atoms with Gasteiger partial charge in [-0.2, -0.15) is 0 Å². The van der Waals surface area contributed by atoms with E-state index in [1.54, 1.807) is 0 Å². The number of benzene rings is 16. The predicted octanol–water partition coefficient (Wildman–Crippen LogP) is 22.3. The quantitative estimate of drug-likeness (QED) is 0.0232. The first-order valence-electron chi connectivity index (χ1n) is 40.9. The Morgan fingerprint density at radius 3 is 0.237 bits per heavy atom. The molecule has 0 nitrogen and oxygen atoms in total. The molecule has 0 unspecified atom stereocenters. The summed E-state index contributed by atoms with van der Waals surface area (Å²) < 4.78 is 0. The summed E-state index contributed by atoms with van der Waals surface area (Å²) in [6.45, 7) is 0. The van der Waals surface area contributed by atoms with Crippen LogP contribution in [0.1, 0.15) is 25.7 Å². The van der Waals surface area contributed by atoms with Crippen LogP contribution in [-0.2, 0) is 224 Å². The summed E-state index contributed by atoms with van der Waals surface area (Å²) in [6.07, 6.45) is 14.9. The van der Waals surface area contributed by atoms with Crippen molar-refractivity contribution in [2.24, 2.45) is 0 Å². The van der Waals surface area contributed by atoms with Gasteiger partial charge in [0.25, 0.3) is 0 Å². The van der Waals surface area contributed by atoms with Crippen molar-refractivity contribution >= 4 is 248 Å². The molecule has 0 atom stereocenters. The first-order chi connectivity index (χ1) is 59.1. The molecule has 0 bridgehead atoms. The summed E-state index contributed by atoms with van der Waals surface area (Å²) in [5, 5.41) is 23.7. The van der Waals surface area contributed by atoms with E-state index in [2.05, 4.69) is 485 Å². The molecule has 0 fully saturated rings. The van der Waals surface area contributed by atoms with Crippen molar-refractivity contribution in [3.05, 3.63) is 485 Å². The van der Waals surface area contributed by atoms with Gasteiger partial charge in [0.2, 0.25) is 0 Å². The SMILES string of the molecule is [Cl][Pt][Cl].[Pt+2].[Pt+2].[Pt+2].[Pt].[Pt].[Pt].[SH-].[SH-].[SH-].[SH-].[SH-].[SH-].c1ccc(P(CCCP(c2ccccc2)c2ccccc2)c2ccccc2)cc1.c1ccc(P(CCCP(c2ccccc2)c2ccccc2)c2ccccc2)cc1.c1ccc(P(CCCP(c2ccccc2)c2ccccc2)c2ccccc2)cc1.c1ccc(P(CCCP(c2ccccc2)c2ccccc2)c2ccccc2)cc1. The number of halogens is 2. The molecule has 0 aliphatic carbocycles. The van der Waals surface area contributed by atoms with Gasteiger partial charge in [0.1, 0.15) is 0 Å². The molecule has 0 aromatic heterocycles. The van der Waals surface area contributed by atoms with E-state index in [4.69, 9.17) is 18.8 Å². The van der Waals surface area contributed by atoms with Crippen LogP contribution in [0.15, 0.2) is 485 Å². The van der Waals surface area contributed by atoms with Crippen LogP contribution < -0.4 is 84.9 Å². The van der Waals surface area contributed by atoms with Gasteiger partial charge in [0.05, 0.1) is 0 Å². The molecule has 0 radical (unpaired) electrons. The van der Waals surface area contributed by atoms with Gasteiger partial charge in [0.15, 0.2) is 0 Å². The fourth-order valence-corrected chi connectivity index (χ4v) is 34.4. The van der Waals surface area contributed by atoms with E-state index < -0.39 is 16.5 Å². The van der Waals surface area contributed by atoms with E-state index in [1.807, 2.05) is 0 Å². The molecule has 16 rings (SSSR count). The van der Waals surface area contributed by atoms with E-state index in [9.17, 15) is 0 Å². The Morgan fingerprint density at radius 1 is 0.130 bits per heavy atom. The molecule has 0 N–H and O–H groups in total. The molecule has 0 saturated carbocycles. The first kappa shape index (κ1) is 129. The molecule has 16 aromatic carbocycles. The van der Waals surface area contributed by atoms with Gasteiger partial charge in [0, 0.05) is 63.2 Å². The maximum absolute atomic E-state index is 4.88. The topological polar surface area (TPSA) is 0 Å². The molecular formula is C108H110Cl2P8Pt7S6.